The van der Waals surface area contributed by atoms with Crippen LogP contribution < -0.4 is 5.73 Å². The molecule has 2 aromatic rings. The van der Waals surface area contributed by atoms with Gasteiger partial charge in [-0.05, 0) is 129 Å². The molecule has 2 aromatic carbocycles. The summed E-state index contributed by atoms with van der Waals surface area (Å²) in [6, 6.07) is 14.9. The SMILES string of the molecule is NCCC1=CC(CCCCCCC2CC=CCC(C(=O)O)C34CCCCC3C=Cc3ccc(cc34)CC2c2ccc(O)cc2)CC1. The number of phenolic OH excluding ortho intramolecular Hbond substituents is 1. The summed E-state index contributed by atoms with van der Waals surface area (Å²) in [5.41, 5.74) is 12.1. The van der Waals surface area contributed by atoms with Crippen molar-refractivity contribution in [3.63, 3.8) is 0 Å². The molecule has 4 N–H and O–H groups in total. The van der Waals surface area contributed by atoms with Crippen molar-refractivity contribution < 1.29 is 15.0 Å². The summed E-state index contributed by atoms with van der Waals surface area (Å²) in [7, 11) is 0. The molecule has 1 fully saturated rings. The molecular weight excluding hydrogens is 566 g/mol. The molecule has 0 radical (unpaired) electrons. The first kappa shape index (κ1) is 32.8. The molecule has 2 bridgehead atoms. The van der Waals surface area contributed by atoms with E-state index in [1.165, 1.54) is 73.6 Å². The maximum absolute atomic E-state index is 13.0. The van der Waals surface area contributed by atoms with E-state index in [0.717, 1.165) is 57.4 Å². The molecule has 4 aliphatic rings. The predicted octanol–water partition coefficient (Wildman–Crippen LogP) is 9.87. The molecule has 1 spiro atoms. The van der Waals surface area contributed by atoms with Crippen LogP contribution in [0.1, 0.15) is 124 Å². The van der Waals surface area contributed by atoms with Crippen LogP contribution in [-0.2, 0) is 16.6 Å². The van der Waals surface area contributed by atoms with Crippen molar-refractivity contribution in [3.05, 3.63) is 94.6 Å². The lowest BCUT2D eigenvalue weighted by Crippen LogP contribution is -2.48. The molecule has 0 saturated heterocycles. The number of hydrogen-bond donors (Lipinski definition) is 3. The van der Waals surface area contributed by atoms with Crippen molar-refractivity contribution >= 4 is 12.0 Å². The Balaban J connectivity index is 1.23. The van der Waals surface area contributed by atoms with Gasteiger partial charge in [0.05, 0.1) is 5.92 Å². The topological polar surface area (TPSA) is 83.6 Å². The van der Waals surface area contributed by atoms with Crippen LogP contribution in [0.25, 0.3) is 6.08 Å². The normalized spacial score (nSPS) is 29.0. The van der Waals surface area contributed by atoms with E-state index in [-0.39, 0.29) is 11.3 Å². The minimum atomic E-state index is -0.650. The number of allylic oxidation sites excluding steroid dienone is 4. The number of carboxylic acid groups (broad SMARTS) is 1. The predicted molar refractivity (Wildman–Crippen MR) is 189 cm³/mol. The summed E-state index contributed by atoms with van der Waals surface area (Å²) < 4.78 is 0. The zero-order valence-corrected chi connectivity index (χ0v) is 27.7. The number of fused-ring (bicyclic) bond motifs is 1. The second-order valence-electron chi connectivity index (χ2n) is 14.8. The maximum Gasteiger partial charge on any atom is 0.307 e. The molecule has 0 heterocycles. The van der Waals surface area contributed by atoms with Gasteiger partial charge in [-0.1, -0.05) is 105 Å². The van der Waals surface area contributed by atoms with Crippen molar-refractivity contribution in [3.8, 4) is 5.75 Å². The van der Waals surface area contributed by atoms with Crippen LogP contribution in [0.3, 0.4) is 0 Å². The van der Waals surface area contributed by atoms with Crippen molar-refractivity contribution in [2.75, 3.05) is 6.54 Å². The Labute approximate surface area is 276 Å². The van der Waals surface area contributed by atoms with Crippen molar-refractivity contribution in [1.29, 1.82) is 0 Å². The summed E-state index contributed by atoms with van der Waals surface area (Å²) in [6.45, 7) is 0.769. The molecule has 0 amide bonds. The van der Waals surface area contributed by atoms with Gasteiger partial charge >= 0.3 is 5.97 Å². The summed E-state index contributed by atoms with van der Waals surface area (Å²) in [6.07, 6.45) is 29.5. The van der Waals surface area contributed by atoms with Gasteiger partial charge in [0.2, 0.25) is 0 Å². The van der Waals surface area contributed by atoms with E-state index in [9.17, 15) is 15.0 Å². The smallest absolute Gasteiger partial charge is 0.307 e. The Kier molecular flexibility index (Phi) is 10.8. The zero-order valence-electron chi connectivity index (χ0n) is 27.7. The molecule has 1 saturated carbocycles. The second kappa shape index (κ2) is 15.2. The number of phenols is 1. The molecule has 6 rings (SSSR count). The van der Waals surface area contributed by atoms with Gasteiger partial charge in [0.25, 0.3) is 0 Å². The molecule has 6 unspecified atom stereocenters. The third kappa shape index (κ3) is 7.23. The highest BCUT2D eigenvalue weighted by Crippen LogP contribution is 2.55. The molecule has 246 valence electrons. The van der Waals surface area contributed by atoms with Crippen LogP contribution >= 0.6 is 0 Å². The van der Waals surface area contributed by atoms with E-state index < -0.39 is 11.9 Å². The largest absolute Gasteiger partial charge is 0.508 e. The van der Waals surface area contributed by atoms with E-state index in [4.69, 9.17) is 5.73 Å². The van der Waals surface area contributed by atoms with Gasteiger partial charge in [0.1, 0.15) is 5.75 Å². The van der Waals surface area contributed by atoms with Crippen LogP contribution in [-0.4, -0.2) is 22.7 Å². The lowest BCUT2D eigenvalue weighted by atomic mass is 9.53. The number of benzene rings is 2. The summed E-state index contributed by atoms with van der Waals surface area (Å²) in [5.74, 6) is 1.06. The first-order chi connectivity index (χ1) is 22.5. The molecule has 4 aliphatic carbocycles. The Bertz CT molecular complexity index is 1420. The van der Waals surface area contributed by atoms with E-state index in [2.05, 4.69) is 60.7 Å². The van der Waals surface area contributed by atoms with Crippen LogP contribution in [0.2, 0.25) is 0 Å². The highest BCUT2D eigenvalue weighted by atomic mass is 16.4. The summed E-state index contributed by atoms with van der Waals surface area (Å²) in [4.78, 5) is 13.0. The summed E-state index contributed by atoms with van der Waals surface area (Å²) in [5, 5.41) is 20.8. The van der Waals surface area contributed by atoms with Gasteiger partial charge in [-0.25, -0.2) is 0 Å². The minimum Gasteiger partial charge on any atom is -0.508 e. The number of rotatable bonds is 11. The number of carbonyl (C=O) groups is 1. The number of carboxylic acids is 1. The van der Waals surface area contributed by atoms with Gasteiger partial charge in [0.15, 0.2) is 0 Å². The molecule has 4 heteroatoms. The van der Waals surface area contributed by atoms with Crippen LogP contribution in [0.15, 0.2) is 72.3 Å². The number of hydrogen-bond acceptors (Lipinski definition) is 3. The quantitative estimate of drug-likeness (QED) is 0.172. The number of nitrogens with two attached hydrogens (primary N) is 1. The first-order valence-electron chi connectivity index (χ1n) is 18.4. The fraction of sp³-hybridized carbons (Fsp3) is 0.548. The van der Waals surface area contributed by atoms with Crippen molar-refractivity contribution in [1.82, 2.24) is 0 Å². The zero-order chi connectivity index (χ0) is 31.9. The average Bonchev–Trinajstić information content (AvgIpc) is 3.51. The molecule has 0 aliphatic heterocycles. The standard InChI is InChI=1S/C42H55NO3/c43-26-24-31-15-14-30(27-31)9-3-1-2-4-10-33-11-5-6-13-39(41(45)46)42-25-8-7-12-36(42)21-18-35-17-16-32(29-40(35)42)28-38(33)34-19-22-37(44)23-20-34/h5-6,16-23,27,29-30,33,36,38-39,44H,1-4,7-15,24-26,28,43H2,(H,45,46). The molecule has 0 aromatic heterocycles. The average molecular weight is 622 g/mol. The second-order valence-corrected chi connectivity index (χ2v) is 14.8. The highest BCUT2D eigenvalue weighted by Gasteiger charge is 2.51. The van der Waals surface area contributed by atoms with Gasteiger partial charge in [-0.3, -0.25) is 4.79 Å². The van der Waals surface area contributed by atoms with E-state index >= 15 is 0 Å². The molecule has 46 heavy (non-hydrogen) atoms. The monoisotopic (exact) mass is 621 g/mol. The van der Waals surface area contributed by atoms with Gasteiger partial charge in [-0.15, -0.1) is 0 Å². The Hall–Kier alpha value is -3.11. The van der Waals surface area contributed by atoms with Crippen molar-refractivity contribution in [2.24, 2.45) is 29.4 Å². The Morgan fingerprint density at radius 3 is 2.54 bits per heavy atom. The highest BCUT2D eigenvalue weighted by molar-refractivity contribution is 5.75. The molecular formula is C42H55NO3. The van der Waals surface area contributed by atoms with Crippen LogP contribution in [0, 0.1) is 23.7 Å². The van der Waals surface area contributed by atoms with Crippen molar-refractivity contribution in [2.45, 2.75) is 114 Å². The fourth-order valence-electron chi connectivity index (χ4n) is 9.66. The Morgan fingerprint density at radius 2 is 1.74 bits per heavy atom. The fourth-order valence-corrected chi connectivity index (χ4v) is 9.66. The van der Waals surface area contributed by atoms with E-state index in [1.54, 1.807) is 5.57 Å². The lowest BCUT2D eigenvalue weighted by Gasteiger charge is -2.50. The molecule has 4 nitrogen and oxygen atoms in total. The minimum absolute atomic E-state index is 0.278. The maximum atomic E-state index is 13.0. The third-order valence-electron chi connectivity index (χ3n) is 12.1. The van der Waals surface area contributed by atoms with Gasteiger partial charge in [-0.2, -0.15) is 0 Å². The van der Waals surface area contributed by atoms with Gasteiger partial charge in [0, 0.05) is 5.41 Å². The number of unbranched alkanes of at least 4 members (excludes halogenated alkanes) is 3. The summed E-state index contributed by atoms with van der Waals surface area (Å²) >= 11 is 0. The third-order valence-corrected chi connectivity index (χ3v) is 12.1. The van der Waals surface area contributed by atoms with Crippen LogP contribution in [0.5, 0.6) is 5.75 Å². The first-order valence-corrected chi connectivity index (χ1v) is 18.4. The number of aromatic hydroxyl groups is 1. The van der Waals surface area contributed by atoms with E-state index in [1.807, 2.05) is 12.1 Å². The van der Waals surface area contributed by atoms with Crippen LogP contribution in [0.4, 0.5) is 0 Å². The Morgan fingerprint density at radius 1 is 0.935 bits per heavy atom. The van der Waals surface area contributed by atoms with Gasteiger partial charge < -0.3 is 15.9 Å². The number of aliphatic carboxylic acids is 1. The molecule has 6 atom stereocenters. The van der Waals surface area contributed by atoms with E-state index in [0.29, 0.717) is 24.0 Å². The lowest BCUT2D eigenvalue weighted by molar-refractivity contribution is -0.146.